The summed E-state index contributed by atoms with van der Waals surface area (Å²) >= 11 is 3.42. The van der Waals surface area contributed by atoms with Crippen LogP contribution < -0.4 is 4.74 Å². The zero-order valence-electron chi connectivity index (χ0n) is 13.3. The summed E-state index contributed by atoms with van der Waals surface area (Å²) in [6.07, 6.45) is 3.48. The van der Waals surface area contributed by atoms with Crippen LogP contribution in [-0.4, -0.2) is 41.3 Å². The van der Waals surface area contributed by atoms with Crippen molar-refractivity contribution in [3.63, 3.8) is 0 Å². The van der Waals surface area contributed by atoms with Crippen molar-refractivity contribution in [1.29, 1.82) is 0 Å². The van der Waals surface area contributed by atoms with Crippen LogP contribution in [-0.2, 0) is 4.74 Å². The minimum Gasteiger partial charge on any atom is -0.476 e. The highest BCUT2D eigenvalue weighted by atomic mass is 79.9. The van der Waals surface area contributed by atoms with E-state index in [0.717, 1.165) is 23.9 Å². The van der Waals surface area contributed by atoms with Gasteiger partial charge in [-0.05, 0) is 61.7 Å². The van der Waals surface area contributed by atoms with Gasteiger partial charge in [0, 0.05) is 25.2 Å². The molecule has 0 radical (unpaired) electrons. The fourth-order valence-corrected chi connectivity index (χ4v) is 2.74. The van der Waals surface area contributed by atoms with Crippen molar-refractivity contribution >= 4 is 22.0 Å². The molecule has 1 aromatic rings. The zero-order chi connectivity index (χ0) is 16.2. The lowest BCUT2D eigenvalue weighted by Gasteiger charge is -2.33. The molecule has 1 fully saturated rings. The fourth-order valence-electron chi connectivity index (χ4n) is 2.37. The Bertz CT molecular complexity index is 516. The van der Waals surface area contributed by atoms with Gasteiger partial charge in [-0.2, -0.15) is 0 Å². The van der Waals surface area contributed by atoms with E-state index in [4.69, 9.17) is 9.47 Å². The Balaban J connectivity index is 1.86. The second-order valence-electron chi connectivity index (χ2n) is 6.54. The average Bonchev–Trinajstić information content (AvgIpc) is 2.45. The standard InChI is InChI=1S/C16H23BrN2O3/c1-16(2,3)22-15(20)19-9-5-6-12(10-19)11-21-14-13(17)7-4-8-18-14/h4,7-8,12H,5-6,9-11H2,1-3H3/t12-/m0/s1. The predicted molar refractivity (Wildman–Crippen MR) is 88.0 cm³/mol. The van der Waals surface area contributed by atoms with Crippen molar-refractivity contribution in [3.8, 4) is 5.88 Å². The number of aromatic nitrogens is 1. The number of amides is 1. The van der Waals surface area contributed by atoms with Crippen LogP contribution >= 0.6 is 15.9 Å². The van der Waals surface area contributed by atoms with Crippen molar-refractivity contribution in [2.24, 2.45) is 5.92 Å². The Morgan fingerprint density at radius 1 is 1.50 bits per heavy atom. The monoisotopic (exact) mass is 370 g/mol. The van der Waals surface area contributed by atoms with Crippen LogP contribution in [0, 0.1) is 5.92 Å². The van der Waals surface area contributed by atoms with Gasteiger partial charge < -0.3 is 14.4 Å². The van der Waals surface area contributed by atoms with Crippen molar-refractivity contribution in [1.82, 2.24) is 9.88 Å². The molecule has 1 aliphatic heterocycles. The maximum atomic E-state index is 12.1. The van der Waals surface area contributed by atoms with Crippen molar-refractivity contribution in [2.75, 3.05) is 19.7 Å². The molecule has 0 spiro atoms. The van der Waals surface area contributed by atoms with Gasteiger partial charge in [0.1, 0.15) is 5.60 Å². The Kier molecular flexibility index (Phi) is 5.67. The molecule has 0 N–H and O–H groups in total. The molecule has 1 atom stereocenters. The summed E-state index contributed by atoms with van der Waals surface area (Å²) in [5, 5.41) is 0. The highest BCUT2D eigenvalue weighted by molar-refractivity contribution is 9.10. The van der Waals surface area contributed by atoms with Crippen molar-refractivity contribution < 1.29 is 14.3 Å². The first-order valence-corrected chi connectivity index (χ1v) is 8.36. The van der Waals surface area contributed by atoms with Gasteiger partial charge in [-0.3, -0.25) is 0 Å². The van der Waals surface area contributed by atoms with Gasteiger partial charge in [-0.1, -0.05) is 0 Å². The number of halogens is 1. The maximum Gasteiger partial charge on any atom is 0.410 e. The van der Waals surface area contributed by atoms with Crippen molar-refractivity contribution in [3.05, 3.63) is 22.8 Å². The molecule has 1 aromatic heterocycles. The summed E-state index contributed by atoms with van der Waals surface area (Å²) in [5.74, 6) is 0.895. The quantitative estimate of drug-likeness (QED) is 0.810. The molecule has 0 unspecified atom stereocenters. The molecular weight excluding hydrogens is 348 g/mol. The number of ether oxygens (including phenoxy) is 2. The minimum atomic E-state index is -0.459. The molecule has 22 heavy (non-hydrogen) atoms. The Hall–Kier alpha value is -1.30. The molecule has 0 bridgehead atoms. The minimum absolute atomic E-state index is 0.240. The smallest absolute Gasteiger partial charge is 0.410 e. The highest BCUT2D eigenvalue weighted by Gasteiger charge is 2.28. The number of likely N-dealkylation sites (tertiary alicyclic amines) is 1. The summed E-state index contributed by atoms with van der Waals surface area (Å²) in [4.78, 5) is 18.1. The van der Waals surface area contributed by atoms with Gasteiger partial charge in [-0.25, -0.2) is 9.78 Å². The number of carbonyl (C=O) groups excluding carboxylic acids is 1. The Morgan fingerprint density at radius 2 is 2.27 bits per heavy atom. The number of piperidine rings is 1. The van der Waals surface area contributed by atoms with E-state index in [0.29, 0.717) is 24.9 Å². The lowest BCUT2D eigenvalue weighted by atomic mass is 9.99. The number of rotatable bonds is 3. The van der Waals surface area contributed by atoms with Gasteiger partial charge in [-0.15, -0.1) is 0 Å². The summed E-state index contributed by atoms with van der Waals surface area (Å²) in [6, 6.07) is 3.75. The van der Waals surface area contributed by atoms with E-state index in [-0.39, 0.29) is 6.09 Å². The zero-order valence-corrected chi connectivity index (χ0v) is 14.9. The largest absolute Gasteiger partial charge is 0.476 e. The maximum absolute atomic E-state index is 12.1. The second kappa shape index (κ2) is 7.31. The van der Waals surface area contributed by atoms with E-state index in [1.165, 1.54) is 0 Å². The molecule has 0 saturated carbocycles. The van der Waals surface area contributed by atoms with Crippen LogP contribution in [0.25, 0.3) is 0 Å². The molecule has 1 saturated heterocycles. The van der Waals surface area contributed by atoms with Gasteiger partial charge in [0.15, 0.2) is 0 Å². The van der Waals surface area contributed by atoms with Crippen LogP contribution in [0.5, 0.6) is 5.88 Å². The molecule has 1 amide bonds. The van der Waals surface area contributed by atoms with Crippen LogP contribution in [0.15, 0.2) is 22.8 Å². The van der Waals surface area contributed by atoms with E-state index in [1.54, 1.807) is 11.1 Å². The third-order valence-corrected chi connectivity index (χ3v) is 3.95. The molecular formula is C16H23BrN2O3. The number of pyridine rings is 1. The van der Waals surface area contributed by atoms with E-state index in [9.17, 15) is 4.79 Å². The molecule has 5 nitrogen and oxygen atoms in total. The summed E-state index contributed by atoms with van der Waals surface area (Å²) in [7, 11) is 0. The van der Waals surface area contributed by atoms with Crippen LogP contribution in [0.1, 0.15) is 33.6 Å². The van der Waals surface area contributed by atoms with Crippen LogP contribution in [0.2, 0.25) is 0 Å². The first-order chi connectivity index (χ1) is 10.3. The first kappa shape index (κ1) is 17.1. The third kappa shape index (κ3) is 5.16. The van der Waals surface area contributed by atoms with Gasteiger partial charge >= 0.3 is 6.09 Å². The SMILES string of the molecule is CC(C)(C)OC(=O)N1CCC[C@H](COc2ncccc2Br)C1. The second-order valence-corrected chi connectivity index (χ2v) is 7.39. The van der Waals surface area contributed by atoms with E-state index < -0.39 is 5.60 Å². The van der Waals surface area contributed by atoms with E-state index in [2.05, 4.69) is 20.9 Å². The van der Waals surface area contributed by atoms with Gasteiger partial charge in [0.2, 0.25) is 5.88 Å². The van der Waals surface area contributed by atoms with Crippen molar-refractivity contribution in [2.45, 2.75) is 39.2 Å². The number of carbonyl (C=O) groups is 1. The summed E-state index contributed by atoms with van der Waals surface area (Å²) < 4.78 is 12.0. The topological polar surface area (TPSA) is 51.7 Å². The van der Waals surface area contributed by atoms with Gasteiger partial charge in [0.25, 0.3) is 0 Å². The molecule has 0 aromatic carbocycles. The van der Waals surface area contributed by atoms with Crippen LogP contribution in [0.4, 0.5) is 4.79 Å². The molecule has 6 heteroatoms. The van der Waals surface area contributed by atoms with E-state index >= 15 is 0 Å². The number of hydrogen-bond acceptors (Lipinski definition) is 4. The molecule has 1 aliphatic rings. The van der Waals surface area contributed by atoms with Gasteiger partial charge in [0.05, 0.1) is 11.1 Å². The summed E-state index contributed by atoms with van der Waals surface area (Å²) in [6.45, 7) is 7.61. The average molecular weight is 371 g/mol. The summed E-state index contributed by atoms with van der Waals surface area (Å²) in [5.41, 5.74) is -0.459. The molecule has 2 heterocycles. The van der Waals surface area contributed by atoms with E-state index in [1.807, 2.05) is 32.9 Å². The fraction of sp³-hybridized carbons (Fsp3) is 0.625. The lowest BCUT2D eigenvalue weighted by Crippen LogP contribution is -2.44. The Morgan fingerprint density at radius 3 is 2.95 bits per heavy atom. The highest BCUT2D eigenvalue weighted by Crippen LogP contribution is 2.24. The molecule has 2 rings (SSSR count). The normalized spacial score (nSPS) is 18.9. The Labute approximate surface area is 140 Å². The molecule has 122 valence electrons. The number of hydrogen-bond donors (Lipinski definition) is 0. The first-order valence-electron chi connectivity index (χ1n) is 7.56. The number of nitrogens with zero attached hydrogens (tertiary/aromatic N) is 2. The molecule has 0 aliphatic carbocycles. The lowest BCUT2D eigenvalue weighted by molar-refractivity contribution is 0.0138. The van der Waals surface area contributed by atoms with Crippen LogP contribution in [0.3, 0.4) is 0 Å². The third-order valence-electron chi connectivity index (χ3n) is 3.35. The predicted octanol–water partition coefficient (Wildman–Crippen LogP) is 3.87.